The van der Waals surface area contributed by atoms with Crippen LogP contribution in [0, 0.1) is 0 Å². The number of hydrogen-bond donors (Lipinski definition) is 0. The zero-order valence-electron chi connectivity index (χ0n) is 7.05. The van der Waals surface area contributed by atoms with Crippen LogP contribution in [0.4, 0.5) is 0 Å². The topological polar surface area (TPSA) is 27.7 Å². The molecule has 0 fully saturated rings. The lowest BCUT2D eigenvalue weighted by Gasteiger charge is -2.09. The fourth-order valence-electron chi connectivity index (χ4n) is 0.508. The number of ether oxygens (including phenoxy) is 3. The van der Waals surface area contributed by atoms with Crippen molar-refractivity contribution in [2.75, 3.05) is 13.2 Å². The third-order valence-electron chi connectivity index (χ3n) is 0.838. The van der Waals surface area contributed by atoms with Crippen LogP contribution in [0.3, 0.4) is 0 Å². The summed E-state index contributed by atoms with van der Waals surface area (Å²) in [6.45, 7) is 11.7. The van der Waals surface area contributed by atoms with Gasteiger partial charge < -0.3 is 14.2 Å². The molecular formula is C8H14O3. The van der Waals surface area contributed by atoms with Gasteiger partial charge in [-0.15, -0.1) is 0 Å². The molecule has 0 aliphatic rings. The maximum atomic E-state index is 4.90. The van der Waals surface area contributed by atoms with Gasteiger partial charge in [0, 0.05) is 0 Å². The minimum atomic E-state index is 0.214. The number of hydrogen-bond acceptors (Lipinski definition) is 3. The average Bonchev–Trinajstić information content (AvgIpc) is 1.87. The zero-order chi connectivity index (χ0) is 8.69. The third kappa shape index (κ3) is 5.33. The van der Waals surface area contributed by atoms with Gasteiger partial charge in [-0.05, 0) is 27.0 Å². The second kappa shape index (κ2) is 5.65. The van der Waals surface area contributed by atoms with Gasteiger partial charge in [0.05, 0.1) is 13.2 Å². The van der Waals surface area contributed by atoms with Crippen molar-refractivity contribution in [2.24, 2.45) is 0 Å². The lowest BCUT2D eigenvalue weighted by Crippen LogP contribution is -1.99. The van der Waals surface area contributed by atoms with Crippen molar-refractivity contribution < 1.29 is 14.2 Å². The standard InChI is InChI=1S/C8H14O3/c1-5-9-7(3)11-8(4)10-6-2/h3-6H2,1-2H3. The quantitative estimate of drug-likeness (QED) is 0.553. The Kier molecular flexibility index (Phi) is 5.07. The van der Waals surface area contributed by atoms with Crippen molar-refractivity contribution in [3.05, 3.63) is 25.0 Å². The van der Waals surface area contributed by atoms with Crippen LogP contribution in [0.25, 0.3) is 0 Å². The minimum absolute atomic E-state index is 0.214. The summed E-state index contributed by atoms with van der Waals surface area (Å²) in [5.41, 5.74) is 0. The van der Waals surface area contributed by atoms with E-state index in [1.807, 2.05) is 13.8 Å². The van der Waals surface area contributed by atoms with E-state index in [9.17, 15) is 0 Å². The fourth-order valence-corrected chi connectivity index (χ4v) is 0.508. The summed E-state index contributed by atoms with van der Waals surface area (Å²) in [5, 5.41) is 0. The highest BCUT2D eigenvalue weighted by molar-refractivity contribution is 4.78. The Morgan fingerprint density at radius 2 is 1.36 bits per heavy atom. The van der Waals surface area contributed by atoms with Gasteiger partial charge in [0.25, 0.3) is 11.9 Å². The maximum Gasteiger partial charge on any atom is 0.279 e. The lowest BCUT2D eigenvalue weighted by molar-refractivity contribution is 0.00352. The van der Waals surface area contributed by atoms with E-state index < -0.39 is 0 Å². The summed E-state index contributed by atoms with van der Waals surface area (Å²) in [6, 6.07) is 0. The summed E-state index contributed by atoms with van der Waals surface area (Å²) >= 11 is 0. The Hall–Kier alpha value is -1.12. The molecule has 0 N–H and O–H groups in total. The highest BCUT2D eigenvalue weighted by atomic mass is 16.7. The van der Waals surface area contributed by atoms with Crippen LogP contribution in [0.15, 0.2) is 25.0 Å². The molecule has 0 heterocycles. The van der Waals surface area contributed by atoms with E-state index in [-0.39, 0.29) is 11.9 Å². The molecule has 0 aliphatic carbocycles. The highest BCUT2D eigenvalue weighted by Crippen LogP contribution is 2.04. The molecule has 0 aromatic rings. The molecule has 3 nitrogen and oxygen atoms in total. The van der Waals surface area contributed by atoms with Crippen LogP contribution >= 0.6 is 0 Å². The smallest absolute Gasteiger partial charge is 0.279 e. The molecule has 3 heteroatoms. The lowest BCUT2D eigenvalue weighted by atomic mass is 10.8. The first-order chi connectivity index (χ1) is 5.20. The average molecular weight is 158 g/mol. The first-order valence-corrected chi connectivity index (χ1v) is 3.52. The molecule has 0 saturated carbocycles. The summed E-state index contributed by atoms with van der Waals surface area (Å²) in [4.78, 5) is 0. The molecule has 0 saturated heterocycles. The largest absolute Gasteiger partial charge is 0.466 e. The van der Waals surface area contributed by atoms with Gasteiger partial charge in [-0.2, -0.15) is 0 Å². The second-order valence-electron chi connectivity index (χ2n) is 1.71. The van der Waals surface area contributed by atoms with E-state index in [1.54, 1.807) is 0 Å². The Labute approximate surface area is 67.3 Å². The third-order valence-corrected chi connectivity index (χ3v) is 0.838. The zero-order valence-corrected chi connectivity index (χ0v) is 7.05. The molecule has 0 atom stereocenters. The van der Waals surface area contributed by atoms with Crippen LogP contribution < -0.4 is 0 Å². The monoisotopic (exact) mass is 158 g/mol. The van der Waals surface area contributed by atoms with Gasteiger partial charge >= 0.3 is 0 Å². The predicted molar refractivity (Wildman–Crippen MR) is 42.6 cm³/mol. The van der Waals surface area contributed by atoms with E-state index >= 15 is 0 Å². The van der Waals surface area contributed by atoms with Gasteiger partial charge in [-0.25, -0.2) is 0 Å². The summed E-state index contributed by atoms with van der Waals surface area (Å²) in [5.74, 6) is 0.428. The molecule has 0 amide bonds. The molecule has 0 radical (unpaired) electrons. The van der Waals surface area contributed by atoms with E-state index in [2.05, 4.69) is 13.2 Å². The molecule has 0 aromatic carbocycles. The van der Waals surface area contributed by atoms with E-state index in [4.69, 9.17) is 14.2 Å². The van der Waals surface area contributed by atoms with Crippen molar-refractivity contribution in [3.8, 4) is 0 Å². The van der Waals surface area contributed by atoms with Crippen molar-refractivity contribution in [1.29, 1.82) is 0 Å². The SMILES string of the molecule is C=C(OCC)OC(=C)OCC. The molecule has 0 aromatic heterocycles. The molecule has 0 spiro atoms. The van der Waals surface area contributed by atoms with E-state index in [0.717, 1.165) is 0 Å². The van der Waals surface area contributed by atoms with E-state index in [1.165, 1.54) is 0 Å². The predicted octanol–water partition coefficient (Wildman–Crippen LogP) is 2.02. The van der Waals surface area contributed by atoms with Gasteiger partial charge in [0.15, 0.2) is 0 Å². The Morgan fingerprint density at radius 1 is 1.00 bits per heavy atom. The van der Waals surface area contributed by atoms with Crippen LogP contribution in [0.1, 0.15) is 13.8 Å². The van der Waals surface area contributed by atoms with Crippen LogP contribution in [0.2, 0.25) is 0 Å². The molecule has 0 bridgehead atoms. The maximum absolute atomic E-state index is 4.90. The molecular weight excluding hydrogens is 144 g/mol. The van der Waals surface area contributed by atoms with Crippen molar-refractivity contribution >= 4 is 0 Å². The fraction of sp³-hybridized carbons (Fsp3) is 0.500. The second-order valence-corrected chi connectivity index (χ2v) is 1.71. The van der Waals surface area contributed by atoms with Gasteiger partial charge in [-0.1, -0.05) is 0 Å². The van der Waals surface area contributed by atoms with E-state index in [0.29, 0.717) is 13.2 Å². The van der Waals surface area contributed by atoms with Crippen molar-refractivity contribution in [2.45, 2.75) is 13.8 Å². The van der Waals surface area contributed by atoms with Crippen LogP contribution in [-0.2, 0) is 14.2 Å². The summed E-state index contributed by atoms with van der Waals surface area (Å²) < 4.78 is 14.7. The summed E-state index contributed by atoms with van der Waals surface area (Å²) in [7, 11) is 0. The van der Waals surface area contributed by atoms with Gasteiger partial charge in [-0.3, -0.25) is 0 Å². The van der Waals surface area contributed by atoms with Gasteiger partial charge in [0.1, 0.15) is 0 Å². The minimum Gasteiger partial charge on any atom is -0.466 e. The van der Waals surface area contributed by atoms with Gasteiger partial charge in [0.2, 0.25) is 0 Å². The van der Waals surface area contributed by atoms with Crippen LogP contribution in [-0.4, -0.2) is 13.2 Å². The first-order valence-electron chi connectivity index (χ1n) is 3.52. The Balaban J connectivity index is 3.49. The normalized spacial score (nSPS) is 8.55. The summed E-state index contributed by atoms with van der Waals surface area (Å²) in [6.07, 6.45) is 0. The van der Waals surface area contributed by atoms with Crippen molar-refractivity contribution in [3.63, 3.8) is 0 Å². The highest BCUT2D eigenvalue weighted by Gasteiger charge is 1.97. The van der Waals surface area contributed by atoms with Crippen LogP contribution in [0.5, 0.6) is 0 Å². The Bertz CT molecular complexity index is 124. The molecule has 0 aliphatic heterocycles. The van der Waals surface area contributed by atoms with Crippen molar-refractivity contribution in [1.82, 2.24) is 0 Å². The molecule has 11 heavy (non-hydrogen) atoms. The number of rotatable bonds is 6. The Morgan fingerprint density at radius 3 is 1.64 bits per heavy atom. The molecule has 0 rings (SSSR count). The molecule has 0 unspecified atom stereocenters. The molecule has 64 valence electrons. The first kappa shape index (κ1) is 9.88.